The molecule has 0 bridgehead atoms. The first-order valence-corrected chi connectivity index (χ1v) is 5.20. The molecule has 1 aromatic rings. The van der Waals surface area contributed by atoms with E-state index < -0.39 is 0 Å². The van der Waals surface area contributed by atoms with Crippen LogP contribution in [0.2, 0.25) is 0 Å². The number of nitrogens with zero attached hydrogens (tertiary/aromatic N) is 1. The molecule has 0 saturated heterocycles. The Hall–Kier alpha value is -1.55. The zero-order valence-corrected chi connectivity index (χ0v) is 9.64. The van der Waals surface area contributed by atoms with E-state index in [1.807, 2.05) is 6.07 Å². The molecule has 0 saturated carbocycles. The smallest absolute Gasteiger partial charge is 0.257 e. The summed E-state index contributed by atoms with van der Waals surface area (Å²) in [5, 5.41) is 8.71. The molecule has 0 radical (unpaired) electrons. The summed E-state index contributed by atoms with van der Waals surface area (Å²) >= 11 is 0. The molecule has 16 heavy (non-hydrogen) atoms. The fraction of sp³-hybridized carbons (Fsp3) is 0.417. The predicted molar refractivity (Wildman–Crippen MR) is 61.7 cm³/mol. The van der Waals surface area contributed by atoms with Crippen LogP contribution >= 0.6 is 0 Å². The molecule has 88 valence electrons. The molecule has 0 aliphatic carbocycles. The van der Waals surface area contributed by atoms with E-state index in [-0.39, 0.29) is 12.5 Å². The largest absolute Gasteiger partial charge is 0.496 e. The van der Waals surface area contributed by atoms with E-state index in [4.69, 9.17) is 9.84 Å². The highest BCUT2D eigenvalue weighted by Gasteiger charge is 2.15. The van der Waals surface area contributed by atoms with Crippen molar-refractivity contribution in [3.63, 3.8) is 0 Å². The van der Waals surface area contributed by atoms with E-state index >= 15 is 0 Å². The maximum absolute atomic E-state index is 12.0. The molecule has 0 atom stereocenters. The number of carbonyl (C=O) groups is 1. The lowest BCUT2D eigenvalue weighted by molar-refractivity contribution is 0.0783. The highest BCUT2D eigenvalue weighted by Crippen LogP contribution is 2.18. The Kier molecular flexibility index (Phi) is 4.79. The lowest BCUT2D eigenvalue weighted by Gasteiger charge is -2.17. The summed E-state index contributed by atoms with van der Waals surface area (Å²) in [5.41, 5.74) is 0.547. The predicted octanol–water partition coefficient (Wildman–Crippen LogP) is 1.15. The minimum Gasteiger partial charge on any atom is -0.496 e. The van der Waals surface area contributed by atoms with Crippen LogP contribution in [0.15, 0.2) is 24.3 Å². The third-order valence-electron chi connectivity index (χ3n) is 2.34. The summed E-state index contributed by atoms with van der Waals surface area (Å²) in [6, 6.07) is 7.11. The molecule has 0 aromatic heterocycles. The molecule has 1 amide bonds. The summed E-state index contributed by atoms with van der Waals surface area (Å²) in [7, 11) is 3.25. The van der Waals surface area contributed by atoms with Crippen molar-refractivity contribution in [2.45, 2.75) is 6.42 Å². The Morgan fingerprint density at radius 3 is 2.75 bits per heavy atom. The minimum atomic E-state index is -0.0918. The van der Waals surface area contributed by atoms with E-state index in [9.17, 15) is 4.79 Å². The molecular weight excluding hydrogens is 206 g/mol. The number of rotatable bonds is 5. The summed E-state index contributed by atoms with van der Waals surface area (Å²) in [4.78, 5) is 13.6. The lowest BCUT2D eigenvalue weighted by atomic mass is 10.1. The maximum atomic E-state index is 12.0. The van der Waals surface area contributed by atoms with E-state index in [1.54, 1.807) is 37.3 Å². The standard InChI is InChI=1S/C12H17NO3/c1-13(8-5-9-14)12(15)10-6-3-4-7-11(10)16-2/h3-4,6-7,14H,5,8-9H2,1-2H3. The van der Waals surface area contributed by atoms with Crippen molar-refractivity contribution in [2.75, 3.05) is 27.3 Å². The van der Waals surface area contributed by atoms with Crippen LogP contribution in [0.5, 0.6) is 5.75 Å². The van der Waals surface area contributed by atoms with Crippen LogP contribution in [-0.4, -0.2) is 43.2 Å². The van der Waals surface area contributed by atoms with Gasteiger partial charge in [0, 0.05) is 20.2 Å². The Morgan fingerprint density at radius 2 is 2.12 bits per heavy atom. The Labute approximate surface area is 95.5 Å². The molecular formula is C12H17NO3. The minimum absolute atomic E-state index is 0.0868. The van der Waals surface area contributed by atoms with E-state index in [1.165, 1.54) is 0 Å². The third-order valence-corrected chi connectivity index (χ3v) is 2.34. The van der Waals surface area contributed by atoms with Gasteiger partial charge in [0.2, 0.25) is 0 Å². The van der Waals surface area contributed by atoms with E-state index in [0.717, 1.165) is 0 Å². The molecule has 4 heteroatoms. The number of ether oxygens (including phenoxy) is 1. The molecule has 4 nitrogen and oxygen atoms in total. The van der Waals surface area contributed by atoms with E-state index in [2.05, 4.69) is 0 Å². The zero-order chi connectivity index (χ0) is 12.0. The van der Waals surface area contributed by atoms with Crippen LogP contribution in [0.3, 0.4) is 0 Å². The molecule has 1 rings (SSSR count). The Balaban J connectivity index is 2.79. The third kappa shape index (κ3) is 2.97. The van der Waals surface area contributed by atoms with Crippen molar-refractivity contribution in [2.24, 2.45) is 0 Å². The van der Waals surface area contributed by atoms with Crippen molar-refractivity contribution in [1.29, 1.82) is 0 Å². The molecule has 0 aliphatic heterocycles. The quantitative estimate of drug-likeness (QED) is 0.814. The molecule has 1 aromatic carbocycles. The van der Waals surface area contributed by atoms with Gasteiger partial charge >= 0.3 is 0 Å². The monoisotopic (exact) mass is 223 g/mol. The van der Waals surface area contributed by atoms with Crippen LogP contribution in [-0.2, 0) is 0 Å². The van der Waals surface area contributed by atoms with Gasteiger partial charge in [-0.1, -0.05) is 12.1 Å². The number of aliphatic hydroxyl groups excluding tert-OH is 1. The summed E-state index contributed by atoms with van der Waals surface area (Å²) in [5.74, 6) is 0.481. The highest BCUT2D eigenvalue weighted by molar-refractivity contribution is 5.96. The number of carbonyl (C=O) groups excluding carboxylic acids is 1. The number of hydrogen-bond acceptors (Lipinski definition) is 3. The first-order chi connectivity index (χ1) is 7.70. The van der Waals surface area contributed by atoms with Gasteiger partial charge in [0.25, 0.3) is 5.91 Å². The number of hydrogen-bond donors (Lipinski definition) is 1. The Bertz CT molecular complexity index is 352. The van der Waals surface area contributed by atoms with Gasteiger partial charge in [0.1, 0.15) is 5.75 Å². The zero-order valence-electron chi connectivity index (χ0n) is 9.64. The van der Waals surface area contributed by atoms with Gasteiger partial charge in [0.05, 0.1) is 12.7 Å². The molecule has 0 unspecified atom stereocenters. The second-order valence-corrected chi connectivity index (χ2v) is 3.50. The van der Waals surface area contributed by atoms with Crippen LogP contribution in [0.1, 0.15) is 16.8 Å². The van der Waals surface area contributed by atoms with Crippen molar-refractivity contribution in [3.8, 4) is 5.75 Å². The molecule has 1 N–H and O–H groups in total. The SMILES string of the molecule is COc1ccccc1C(=O)N(C)CCCO. The van der Waals surface area contributed by atoms with Crippen molar-refractivity contribution < 1.29 is 14.6 Å². The number of amides is 1. The fourth-order valence-corrected chi connectivity index (χ4v) is 1.44. The summed E-state index contributed by atoms with van der Waals surface area (Å²) < 4.78 is 5.12. The van der Waals surface area contributed by atoms with Gasteiger partial charge in [0.15, 0.2) is 0 Å². The van der Waals surface area contributed by atoms with Crippen molar-refractivity contribution >= 4 is 5.91 Å². The van der Waals surface area contributed by atoms with Gasteiger partial charge in [-0.05, 0) is 18.6 Å². The van der Waals surface area contributed by atoms with Gasteiger partial charge in [-0.3, -0.25) is 4.79 Å². The second kappa shape index (κ2) is 6.12. The first kappa shape index (κ1) is 12.5. The maximum Gasteiger partial charge on any atom is 0.257 e. The van der Waals surface area contributed by atoms with Crippen LogP contribution in [0.25, 0.3) is 0 Å². The number of para-hydroxylation sites is 1. The van der Waals surface area contributed by atoms with Crippen molar-refractivity contribution in [3.05, 3.63) is 29.8 Å². The molecule has 0 heterocycles. The van der Waals surface area contributed by atoms with Crippen LogP contribution in [0, 0.1) is 0 Å². The highest BCUT2D eigenvalue weighted by atomic mass is 16.5. The van der Waals surface area contributed by atoms with Gasteiger partial charge in [-0.25, -0.2) is 0 Å². The van der Waals surface area contributed by atoms with Crippen LogP contribution in [0.4, 0.5) is 0 Å². The second-order valence-electron chi connectivity index (χ2n) is 3.50. The van der Waals surface area contributed by atoms with Gasteiger partial charge < -0.3 is 14.7 Å². The fourth-order valence-electron chi connectivity index (χ4n) is 1.44. The molecule has 0 fully saturated rings. The number of methoxy groups -OCH3 is 1. The van der Waals surface area contributed by atoms with Gasteiger partial charge in [-0.15, -0.1) is 0 Å². The average molecular weight is 223 g/mol. The lowest BCUT2D eigenvalue weighted by Crippen LogP contribution is -2.28. The Morgan fingerprint density at radius 1 is 1.44 bits per heavy atom. The molecule has 0 aliphatic rings. The number of aliphatic hydroxyl groups is 1. The van der Waals surface area contributed by atoms with Crippen LogP contribution < -0.4 is 4.74 Å². The normalized spacial score (nSPS) is 9.94. The first-order valence-electron chi connectivity index (χ1n) is 5.20. The summed E-state index contributed by atoms with van der Waals surface area (Å²) in [6.45, 7) is 0.622. The average Bonchev–Trinajstić information content (AvgIpc) is 2.34. The molecule has 0 spiro atoms. The van der Waals surface area contributed by atoms with Gasteiger partial charge in [-0.2, -0.15) is 0 Å². The van der Waals surface area contributed by atoms with Crippen molar-refractivity contribution in [1.82, 2.24) is 4.90 Å². The summed E-state index contributed by atoms with van der Waals surface area (Å²) in [6.07, 6.45) is 0.581. The van der Waals surface area contributed by atoms with E-state index in [0.29, 0.717) is 24.3 Å². The topological polar surface area (TPSA) is 49.8 Å². The number of benzene rings is 1.